The smallest absolute Gasteiger partial charge is 0.0399 e. The van der Waals surface area contributed by atoms with Crippen molar-refractivity contribution in [3.05, 3.63) is 169 Å². The third kappa shape index (κ3) is 9.16. The maximum atomic E-state index is 8.73. The molecule has 4 aromatic carbocycles. The Balaban J connectivity index is 0.000000211. The first-order valence-corrected chi connectivity index (χ1v) is 14.5. The molecule has 6 rings (SSSR count). The van der Waals surface area contributed by atoms with Gasteiger partial charge in [-0.2, -0.15) is 0 Å². The minimum Gasteiger partial charge on any atom is -0.305 e. The molecule has 0 aliphatic heterocycles. The summed E-state index contributed by atoms with van der Waals surface area (Å²) in [6.45, 7) is 7.64. The first kappa shape index (κ1) is 28.6. The van der Waals surface area contributed by atoms with Crippen LogP contribution < -0.4 is 0 Å². The molecule has 3 heteroatoms. The van der Waals surface area contributed by atoms with Crippen molar-refractivity contribution in [2.75, 3.05) is 0 Å². The molecule has 0 aliphatic rings. The molecule has 0 spiro atoms. The first-order chi connectivity index (χ1) is 22.0. The zero-order chi connectivity index (χ0) is 32.8. The molecule has 0 N–H and O–H groups in total. The number of hydrogen-bond donors (Lipinski definition) is 0. The molecule has 0 amide bonds. The van der Waals surface area contributed by atoms with E-state index in [4.69, 9.17) is 4.11 Å². The van der Waals surface area contributed by atoms with Crippen molar-refractivity contribution >= 4 is 0 Å². The number of aromatic nitrogens is 2. The Bertz CT molecular complexity index is 1850. The minimum atomic E-state index is -1.44. The van der Waals surface area contributed by atoms with Crippen LogP contribution >= 0.6 is 0 Å². The van der Waals surface area contributed by atoms with Gasteiger partial charge in [-0.15, -0.1) is 65.7 Å². The van der Waals surface area contributed by atoms with E-state index in [0.29, 0.717) is 5.56 Å². The maximum absolute atomic E-state index is 8.73. The van der Waals surface area contributed by atoms with Gasteiger partial charge in [-0.25, -0.2) is 0 Å². The van der Waals surface area contributed by atoms with Crippen molar-refractivity contribution in [1.29, 1.82) is 0 Å². The molecule has 0 aliphatic carbocycles. The number of nitrogens with zero attached hydrogens (tertiary/aromatic N) is 2. The molecule has 2 heterocycles. The molecule has 0 bridgehead atoms. The Morgan fingerprint density at radius 1 is 0.682 bits per heavy atom. The zero-order valence-corrected chi connectivity index (χ0v) is 27.9. The summed E-state index contributed by atoms with van der Waals surface area (Å²) < 4.78 is 25.6. The molecule has 0 fully saturated rings. The molecular formula is C41H38IrN2-2. The fourth-order valence-corrected chi connectivity index (χ4v) is 4.70. The summed E-state index contributed by atoms with van der Waals surface area (Å²) in [5, 5.41) is 0. The van der Waals surface area contributed by atoms with Gasteiger partial charge >= 0.3 is 0 Å². The van der Waals surface area contributed by atoms with Crippen LogP contribution in [0.3, 0.4) is 0 Å². The van der Waals surface area contributed by atoms with E-state index in [-0.39, 0.29) is 20.1 Å². The molecule has 1 unspecified atom stereocenters. The first-order valence-electron chi connectivity index (χ1n) is 16.0. The van der Waals surface area contributed by atoms with Crippen LogP contribution in [-0.2, 0) is 26.5 Å². The minimum absolute atomic E-state index is 0. The zero-order valence-electron chi connectivity index (χ0n) is 28.5. The largest absolute Gasteiger partial charge is 0.305 e. The number of rotatable bonds is 6. The number of pyridine rings is 2. The molecule has 1 radical (unpaired) electrons. The monoisotopic (exact) mass is 754 g/mol. The topological polar surface area (TPSA) is 25.8 Å². The Hall–Kier alpha value is -4.17. The van der Waals surface area contributed by atoms with Gasteiger partial charge in [0.2, 0.25) is 0 Å². The standard InChI is InChI=1S/C22H22N.C19H16N.Ir/c1-22(2,3)16-17-13-14-23-21(15-17)20-11-9-19(10-12-20)18-7-5-4-6-8-18;1-15(16-8-4-2-5-9-16)18-12-13-20-19(14-18)17-10-6-3-7-11-17;/h4-11,13-15H,16H2,1-3H3;2-10,12-15H,1H3;/q2*-1;/i16D2;15D;. The summed E-state index contributed by atoms with van der Waals surface area (Å²) in [4.78, 5) is 8.81. The number of hydrogen-bond acceptors (Lipinski definition) is 2. The maximum Gasteiger partial charge on any atom is 0.0399 e. The molecule has 2 aromatic heterocycles. The van der Waals surface area contributed by atoms with E-state index >= 15 is 0 Å². The van der Waals surface area contributed by atoms with Crippen molar-refractivity contribution in [3.63, 3.8) is 0 Å². The summed E-state index contributed by atoms with van der Waals surface area (Å²) in [5.74, 6) is -0.798. The molecule has 6 aromatic rings. The van der Waals surface area contributed by atoms with Gasteiger partial charge in [-0.05, 0) is 46.4 Å². The Morgan fingerprint density at radius 3 is 1.95 bits per heavy atom. The second-order valence-corrected chi connectivity index (χ2v) is 11.4. The molecule has 223 valence electrons. The van der Waals surface area contributed by atoms with Gasteiger partial charge in [-0.1, -0.05) is 117 Å². The van der Waals surface area contributed by atoms with E-state index in [0.717, 1.165) is 44.8 Å². The molecule has 1 atom stereocenters. The van der Waals surface area contributed by atoms with Gasteiger partial charge in [0.15, 0.2) is 0 Å². The summed E-state index contributed by atoms with van der Waals surface area (Å²) in [5.41, 5.74) is 7.71. The fraction of sp³-hybridized carbons (Fsp3) is 0.171. The molecule has 0 saturated carbocycles. The van der Waals surface area contributed by atoms with Crippen molar-refractivity contribution < 1.29 is 24.2 Å². The Morgan fingerprint density at radius 2 is 1.32 bits per heavy atom. The Kier molecular flexibility index (Phi) is 10.1. The second kappa shape index (κ2) is 15.5. The van der Waals surface area contributed by atoms with Crippen LogP contribution in [0.15, 0.2) is 140 Å². The van der Waals surface area contributed by atoms with Gasteiger partial charge in [0, 0.05) is 42.5 Å². The van der Waals surface area contributed by atoms with Crippen LogP contribution in [0, 0.1) is 17.5 Å². The summed E-state index contributed by atoms with van der Waals surface area (Å²) >= 11 is 0. The van der Waals surface area contributed by atoms with Crippen molar-refractivity contribution in [2.24, 2.45) is 5.41 Å². The number of benzene rings is 4. The molecule has 44 heavy (non-hydrogen) atoms. The van der Waals surface area contributed by atoms with Crippen LogP contribution in [0.25, 0.3) is 33.6 Å². The van der Waals surface area contributed by atoms with E-state index in [2.05, 4.69) is 34.2 Å². The molecule has 2 nitrogen and oxygen atoms in total. The average Bonchev–Trinajstić information content (AvgIpc) is 3.09. The van der Waals surface area contributed by atoms with E-state index in [1.165, 1.54) is 0 Å². The van der Waals surface area contributed by atoms with E-state index in [1.807, 2.05) is 137 Å². The third-order valence-electron chi connectivity index (χ3n) is 6.86. The normalized spacial score (nSPS) is 13.5. The van der Waals surface area contributed by atoms with Gasteiger partial charge in [0.1, 0.15) is 0 Å². The molecular weight excluding hydrogens is 713 g/mol. The van der Waals surface area contributed by atoms with Crippen molar-refractivity contribution in [3.8, 4) is 33.6 Å². The fourth-order valence-electron chi connectivity index (χ4n) is 4.70. The van der Waals surface area contributed by atoms with Gasteiger partial charge in [-0.3, -0.25) is 0 Å². The van der Waals surface area contributed by atoms with Crippen LogP contribution in [0.4, 0.5) is 0 Å². The quantitative estimate of drug-likeness (QED) is 0.158. The summed E-state index contributed by atoms with van der Waals surface area (Å²) in [6, 6.07) is 47.7. The summed E-state index contributed by atoms with van der Waals surface area (Å²) in [6.07, 6.45) is 2.00. The van der Waals surface area contributed by atoms with Crippen molar-refractivity contribution in [1.82, 2.24) is 9.97 Å². The Labute approximate surface area is 280 Å². The predicted octanol–water partition coefficient (Wildman–Crippen LogP) is 10.5. The van der Waals surface area contributed by atoms with Crippen LogP contribution in [0.2, 0.25) is 0 Å². The van der Waals surface area contributed by atoms with Gasteiger partial charge in [0.25, 0.3) is 0 Å². The van der Waals surface area contributed by atoms with Crippen molar-refractivity contribution in [2.45, 2.75) is 40.0 Å². The van der Waals surface area contributed by atoms with E-state index in [1.54, 1.807) is 18.5 Å². The predicted molar refractivity (Wildman–Crippen MR) is 180 cm³/mol. The van der Waals surface area contributed by atoms with Gasteiger partial charge < -0.3 is 9.97 Å². The SMILES string of the molecule is [2H]C(C)(c1ccccc1)c1ccnc(-c2[c-]cccc2)c1.[2H]C([2H])(c1ccnc(-c2[c-]cc(-c3ccccc3)cc2)c1)C(C)(C)C.[Ir]. The van der Waals surface area contributed by atoms with E-state index < -0.39 is 17.7 Å². The second-order valence-electron chi connectivity index (χ2n) is 11.4. The van der Waals surface area contributed by atoms with Crippen LogP contribution in [0.5, 0.6) is 0 Å². The molecule has 0 saturated heterocycles. The summed E-state index contributed by atoms with van der Waals surface area (Å²) in [7, 11) is 0. The third-order valence-corrected chi connectivity index (χ3v) is 6.86. The average molecular weight is 754 g/mol. The van der Waals surface area contributed by atoms with Crippen LogP contribution in [-0.4, -0.2) is 9.97 Å². The van der Waals surface area contributed by atoms with E-state index in [9.17, 15) is 0 Å². The van der Waals surface area contributed by atoms with Gasteiger partial charge in [0.05, 0.1) is 0 Å². The van der Waals surface area contributed by atoms with Crippen LogP contribution in [0.1, 0.15) is 54.4 Å².